The highest BCUT2D eigenvalue weighted by molar-refractivity contribution is 5.27. The summed E-state index contributed by atoms with van der Waals surface area (Å²) in [6.07, 6.45) is 1.77. The van der Waals surface area contributed by atoms with Crippen LogP contribution in [-0.4, -0.2) is 17.7 Å². The maximum absolute atomic E-state index is 11.5. The summed E-state index contributed by atoms with van der Waals surface area (Å²) in [7, 11) is 0. The predicted molar refractivity (Wildman–Crippen MR) is 80.0 cm³/mol. The van der Waals surface area contributed by atoms with Gasteiger partial charge < -0.3 is 14.6 Å². The van der Waals surface area contributed by atoms with Crippen LogP contribution in [0.3, 0.4) is 0 Å². The summed E-state index contributed by atoms with van der Waals surface area (Å²) in [5.74, 6) is 0.828. The summed E-state index contributed by atoms with van der Waals surface area (Å²) in [4.78, 5) is 11.5. The van der Waals surface area contributed by atoms with Gasteiger partial charge in [0.05, 0.1) is 6.54 Å². The van der Waals surface area contributed by atoms with Crippen LogP contribution in [0.25, 0.3) is 0 Å². The van der Waals surface area contributed by atoms with E-state index in [0.717, 1.165) is 18.8 Å². The summed E-state index contributed by atoms with van der Waals surface area (Å²) in [5.41, 5.74) is 1.23. The van der Waals surface area contributed by atoms with Gasteiger partial charge >= 0.3 is 0 Å². The fourth-order valence-electron chi connectivity index (χ4n) is 1.88. The van der Waals surface area contributed by atoms with E-state index in [2.05, 4.69) is 12.2 Å². The number of aromatic nitrogens is 1. The molecule has 20 heavy (non-hydrogen) atoms. The minimum Gasteiger partial charge on any atom is -0.492 e. The number of nitrogens with zero attached hydrogens (tertiary/aromatic N) is 1. The molecule has 2 aromatic rings. The zero-order valence-electron chi connectivity index (χ0n) is 11.7. The van der Waals surface area contributed by atoms with Crippen molar-refractivity contribution in [1.29, 1.82) is 0 Å². The van der Waals surface area contributed by atoms with Crippen molar-refractivity contribution in [2.24, 2.45) is 0 Å². The highest BCUT2D eigenvalue weighted by atomic mass is 16.5. The summed E-state index contributed by atoms with van der Waals surface area (Å²) in [6, 6.07) is 13.1. The van der Waals surface area contributed by atoms with Gasteiger partial charge in [-0.15, -0.1) is 0 Å². The maximum Gasteiger partial charge on any atom is 0.250 e. The topological polar surface area (TPSA) is 43.3 Å². The quantitative estimate of drug-likeness (QED) is 0.838. The van der Waals surface area contributed by atoms with E-state index in [1.807, 2.05) is 30.3 Å². The molecule has 4 heteroatoms. The van der Waals surface area contributed by atoms with E-state index in [1.165, 1.54) is 5.56 Å². The standard InChI is InChI=1S/C16H20N2O2/c1-2-17-13-14-6-8-15(9-7-14)20-12-11-18-10-4-3-5-16(18)19/h3-10,17H,2,11-13H2,1H3. The molecule has 0 aliphatic carbocycles. The second-order valence-corrected chi connectivity index (χ2v) is 4.51. The Morgan fingerprint density at radius 3 is 2.65 bits per heavy atom. The van der Waals surface area contributed by atoms with E-state index in [1.54, 1.807) is 22.9 Å². The highest BCUT2D eigenvalue weighted by Crippen LogP contribution is 2.12. The first-order valence-corrected chi connectivity index (χ1v) is 6.87. The predicted octanol–water partition coefficient (Wildman–Crippen LogP) is 2.04. The van der Waals surface area contributed by atoms with Crippen LogP contribution in [0.2, 0.25) is 0 Å². The molecule has 0 saturated heterocycles. The van der Waals surface area contributed by atoms with Gasteiger partial charge in [0.25, 0.3) is 5.56 Å². The van der Waals surface area contributed by atoms with Gasteiger partial charge in [-0.2, -0.15) is 0 Å². The molecule has 1 aromatic heterocycles. The molecule has 0 fully saturated rings. The third-order valence-electron chi connectivity index (χ3n) is 3.00. The molecule has 1 heterocycles. The Bertz CT molecular complexity index is 576. The zero-order valence-corrected chi connectivity index (χ0v) is 11.7. The van der Waals surface area contributed by atoms with E-state index >= 15 is 0 Å². The van der Waals surface area contributed by atoms with E-state index in [0.29, 0.717) is 13.2 Å². The van der Waals surface area contributed by atoms with Crippen LogP contribution < -0.4 is 15.6 Å². The number of pyridine rings is 1. The molecule has 106 valence electrons. The zero-order chi connectivity index (χ0) is 14.2. The maximum atomic E-state index is 11.5. The molecule has 0 spiro atoms. The first kappa shape index (κ1) is 14.3. The minimum absolute atomic E-state index is 0.00270. The highest BCUT2D eigenvalue weighted by Gasteiger charge is 1.97. The SMILES string of the molecule is CCNCc1ccc(OCCn2ccccc2=O)cc1. The van der Waals surface area contributed by atoms with Gasteiger partial charge in [0.15, 0.2) is 0 Å². The third kappa shape index (κ3) is 4.24. The Hall–Kier alpha value is -2.07. The fraction of sp³-hybridized carbons (Fsp3) is 0.312. The van der Waals surface area contributed by atoms with E-state index in [4.69, 9.17) is 4.74 Å². The van der Waals surface area contributed by atoms with Crippen LogP contribution in [0.15, 0.2) is 53.5 Å². The van der Waals surface area contributed by atoms with E-state index < -0.39 is 0 Å². The molecule has 0 radical (unpaired) electrons. The Morgan fingerprint density at radius 2 is 1.95 bits per heavy atom. The van der Waals surface area contributed by atoms with E-state index in [9.17, 15) is 4.79 Å². The number of benzene rings is 1. The van der Waals surface area contributed by atoms with Crippen molar-refractivity contribution in [2.75, 3.05) is 13.2 Å². The second kappa shape index (κ2) is 7.50. The molecule has 0 bridgehead atoms. The first-order chi connectivity index (χ1) is 9.79. The Balaban J connectivity index is 1.82. The molecular formula is C16H20N2O2. The van der Waals surface area contributed by atoms with Crippen LogP contribution in [0, 0.1) is 0 Å². The molecule has 0 saturated carbocycles. The molecular weight excluding hydrogens is 252 g/mol. The fourth-order valence-corrected chi connectivity index (χ4v) is 1.88. The molecule has 0 aliphatic rings. The van der Waals surface area contributed by atoms with Gasteiger partial charge in [-0.25, -0.2) is 0 Å². The molecule has 0 unspecified atom stereocenters. The second-order valence-electron chi connectivity index (χ2n) is 4.51. The Morgan fingerprint density at radius 1 is 1.15 bits per heavy atom. The Labute approximate surface area is 119 Å². The van der Waals surface area contributed by atoms with E-state index in [-0.39, 0.29) is 5.56 Å². The summed E-state index contributed by atoms with van der Waals surface area (Å²) in [6.45, 7) is 4.96. The van der Waals surface area contributed by atoms with Crippen molar-refractivity contribution in [1.82, 2.24) is 9.88 Å². The lowest BCUT2D eigenvalue weighted by atomic mass is 10.2. The average molecular weight is 272 g/mol. The summed E-state index contributed by atoms with van der Waals surface area (Å²) in [5, 5.41) is 3.28. The van der Waals surface area contributed by atoms with Crippen molar-refractivity contribution >= 4 is 0 Å². The van der Waals surface area contributed by atoms with Crippen molar-refractivity contribution in [3.8, 4) is 5.75 Å². The van der Waals surface area contributed by atoms with Crippen LogP contribution >= 0.6 is 0 Å². The van der Waals surface area contributed by atoms with Crippen molar-refractivity contribution in [2.45, 2.75) is 20.0 Å². The number of hydrogen-bond donors (Lipinski definition) is 1. The normalized spacial score (nSPS) is 10.4. The number of hydrogen-bond acceptors (Lipinski definition) is 3. The first-order valence-electron chi connectivity index (χ1n) is 6.87. The smallest absolute Gasteiger partial charge is 0.250 e. The van der Waals surface area contributed by atoms with Crippen LogP contribution in [-0.2, 0) is 13.1 Å². The van der Waals surface area contributed by atoms with Gasteiger partial charge in [-0.1, -0.05) is 25.1 Å². The molecule has 1 aromatic carbocycles. The van der Waals surface area contributed by atoms with Gasteiger partial charge in [0.2, 0.25) is 0 Å². The molecule has 1 N–H and O–H groups in total. The average Bonchev–Trinajstić information content (AvgIpc) is 2.48. The van der Waals surface area contributed by atoms with Gasteiger partial charge in [0, 0.05) is 18.8 Å². The molecule has 2 rings (SSSR count). The largest absolute Gasteiger partial charge is 0.492 e. The van der Waals surface area contributed by atoms with Crippen LogP contribution in [0.5, 0.6) is 5.75 Å². The lowest BCUT2D eigenvalue weighted by Crippen LogP contribution is -2.21. The van der Waals surface area contributed by atoms with Crippen LogP contribution in [0.4, 0.5) is 0 Å². The molecule has 0 aliphatic heterocycles. The summed E-state index contributed by atoms with van der Waals surface area (Å²) < 4.78 is 7.28. The monoisotopic (exact) mass is 272 g/mol. The van der Waals surface area contributed by atoms with Gasteiger partial charge in [-0.05, 0) is 30.3 Å². The minimum atomic E-state index is -0.00270. The summed E-state index contributed by atoms with van der Waals surface area (Å²) >= 11 is 0. The van der Waals surface area contributed by atoms with Crippen LogP contribution in [0.1, 0.15) is 12.5 Å². The lowest BCUT2D eigenvalue weighted by molar-refractivity contribution is 0.296. The Kier molecular flexibility index (Phi) is 5.38. The molecule has 0 atom stereocenters. The van der Waals surface area contributed by atoms with Crippen molar-refractivity contribution in [3.05, 3.63) is 64.6 Å². The van der Waals surface area contributed by atoms with Crippen molar-refractivity contribution in [3.63, 3.8) is 0 Å². The molecule has 0 amide bonds. The number of nitrogens with one attached hydrogen (secondary N) is 1. The molecule has 4 nitrogen and oxygen atoms in total. The third-order valence-corrected chi connectivity index (χ3v) is 3.00. The number of ether oxygens (including phenoxy) is 1. The lowest BCUT2D eigenvalue weighted by Gasteiger charge is -2.09. The van der Waals surface area contributed by atoms with Crippen molar-refractivity contribution < 1.29 is 4.74 Å². The van der Waals surface area contributed by atoms with Gasteiger partial charge in [0.1, 0.15) is 12.4 Å². The number of rotatable bonds is 7. The van der Waals surface area contributed by atoms with Gasteiger partial charge in [-0.3, -0.25) is 4.79 Å².